The van der Waals surface area contributed by atoms with Crippen LogP contribution in [0.3, 0.4) is 0 Å². The smallest absolute Gasteiger partial charge is 0.195 e. The van der Waals surface area contributed by atoms with Crippen molar-refractivity contribution in [3.05, 3.63) is 75.6 Å². The minimum Gasteiger partial charge on any atom is -0.289 e. The maximum Gasteiger partial charge on any atom is 0.195 e. The first kappa shape index (κ1) is 13.0. The van der Waals surface area contributed by atoms with E-state index < -0.39 is 0 Å². The summed E-state index contributed by atoms with van der Waals surface area (Å²) in [6.07, 6.45) is 3.18. The van der Waals surface area contributed by atoms with Gasteiger partial charge in [-0.3, -0.25) is 4.79 Å². The predicted octanol–water partition coefficient (Wildman–Crippen LogP) is 3.10. The number of aromatic nitrogens is 3. The van der Waals surface area contributed by atoms with Crippen molar-refractivity contribution in [1.29, 1.82) is 0 Å². The molecule has 0 unspecified atom stereocenters. The molecule has 0 N–H and O–H groups in total. The van der Waals surface area contributed by atoms with Crippen LogP contribution in [0, 0.1) is 3.57 Å². The third-order valence-corrected chi connectivity index (χ3v) is 3.54. The van der Waals surface area contributed by atoms with Crippen molar-refractivity contribution in [2.45, 2.75) is 0 Å². The zero-order valence-electron chi connectivity index (χ0n) is 10.4. The van der Waals surface area contributed by atoms with Crippen LogP contribution in [0.2, 0.25) is 0 Å². The van der Waals surface area contributed by atoms with Gasteiger partial charge in [0.05, 0.1) is 23.6 Å². The van der Waals surface area contributed by atoms with Crippen molar-refractivity contribution in [3.8, 4) is 5.69 Å². The molecule has 3 rings (SSSR count). The molecule has 0 aliphatic heterocycles. The van der Waals surface area contributed by atoms with Crippen molar-refractivity contribution in [3.63, 3.8) is 0 Å². The fraction of sp³-hybridized carbons (Fsp3) is 0. The molecule has 0 saturated carbocycles. The van der Waals surface area contributed by atoms with Crippen LogP contribution in [-0.4, -0.2) is 20.8 Å². The first-order valence-corrected chi connectivity index (χ1v) is 7.09. The summed E-state index contributed by atoms with van der Waals surface area (Å²) in [6.45, 7) is 0. The van der Waals surface area contributed by atoms with Crippen LogP contribution in [0.15, 0.2) is 60.9 Å². The number of rotatable bonds is 3. The van der Waals surface area contributed by atoms with Gasteiger partial charge in [0, 0.05) is 9.13 Å². The highest BCUT2D eigenvalue weighted by Crippen LogP contribution is 2.18. The molecule has 0 amide bonds. The fourth-order valence-corrected chi connectivity index (χ4v) is 2.51. The van der Waals surface area contributed by atoms with E-state index >= 15 is 0 Å². The monoisotopic (exact) mass is 375 g/mol. The van der Waals surface area contributed by atoms with Gasteiger partial charge in [0.1, 0.15) is 0 Å². The van der Waals surface area contributed by atoms with E-state index in [-0.39, 0.29) is 5.78 Å². The quantitative estimate of drug-likeness (QED) is 0.522. The molecule has 0 spiro atoms. The molecule has 3 aromatic rings. The van der Waals surface area contributed by atoms with Gasteiger partial charge in [-0.05, 0) is 46.9 Å². The highest BCUT2D eigenvalue weighted by molar-refractivity contribution is 14.1. The topological polar surface area (TPSA) is 47.8 Å². The van der Waals surface area contributed by atoms with Crippen LogP contribution in [0.4, 0.5) is 0 Å². The Balaban J connectivity index is 2.09. The third-order valence-electron chi connectivity index (χ3n) is 2.87. The van der Waals surface area contributed by atoms with Crippen LogP contribution in [0.1, 0.15) is 15.9 Å². The maximum atomic E-state index is 12.6. The molecule has 4 nitrogen and oxygen atoms in total. The van der Waals surface area contributed by atoms with E-state index in [0.29, 0.717) is 16.8 Å². The minimum atomic E-state index is -0.0311. The molecular formula is C15H10IN3O. The Bertz CT molecular complexity index is 753. The summed E-state index contributed by atoms with van der Waals surface area (Å²) in [5.74, 6) is -0.0311. The number of para-hydroxylation sites is 1. The lowest BCUT2D eigenvalue weighted by Gasteiger charge is -2.07. The van der Waals surface area contributed by atoms with Gasteiger partial charge in [0.25, 0.3) is 0 Å². The number of hydrogen-bond acceptors (Lipinski definition) is 3. The number of carbonyl (C=O) groups excluding carboxylic acids is 1. The SMILES string of the molecule is O=C(c1cccc(I)c1)c1ccccc1-n1nccn1. The van der Waals surface area contributed by atoms with E-state index in [1.165, 1.54) is 4.80 Å². The molecule has 98 valence electrons. The molecule has 0 saturated heterocycles. The number of carbonyl (C=O) groups is 1. The molecule has 0 fully saturated rings. The molecule has 0 radical (unpaired) electrons. The van der Waals surface area contributed by atoms with Gasteiger partial charge < -0.3 is 0 Å². The Kier molecular flexibility index (Phi) is 3.60. The van der Waals surface area contributed by atoms with Gasteiger partial charge in [-0.15, -0.1) is 0 Å². The predicted molar refractivity (Wildman–Crippen MR) is 84.0 cm³/mol. The third kappa shape index (κ3) is 2.49. The summed E-state index contributed by atoms with van der Waals surface area (Å²) in [4.78, 5) is 14.1. The number of ketones is 1. The summed E-state index contributed by atoms with van der Waals surface area (Å²) in [5, 5.41) is 8.19. The lowest BCUT2D eigenvalue weighted by Crippen LogP contribution is -2.09. The first-order valence-electron chi connectivity index (χ1n) is 6.02. The highest BCUT2D eigenvalue weighted by atomic mass is 127. The number of benzene rings is 2. The Morgan fingerprint density at radius 3 is 2.50 bits per heavy atom. The Labute approximate surface area is 129 Å². The maximum absolute atomic E-state index is 12.6. The fourth-order valence-electron chi connectivity index (χ4n) is 1.97. The number of halogens is 1. The Morgan fingerprint density at radius 2 is 1.75 bits per heavy atom. The Hall–Kier alpha value is -2.02. The van der Waals surface area contributed by atoms with E-state index in [1.807, 2.05) is 42.5 Å². The second kappa shape index (κ2) is 5.54. The second-order valence-electron chi connectivity index (χ2n) is 4.18. The van der Waals surface area contributed by atoms with Crippen LogP contribution >= 0.6 is 22.6 Å². The zero-order chi connectivity index (χ0) is 13.9. The van der Waals surface area contributed by atoms with E-state index in [1.54, 1.807) is 18.5 Å². The normalized spacial score (nSPS) is 10.4. The van der Waals surface area contributed by atoms with Crippen molar-refractivity contribution in [1.82, 2.24) is 15.0 Å². The largest absolute Gasteiger partial charge is 0.289 e. The van der Waals surface area contributed by atoms with E-state index in [0.717, 1.165) is 3.57 Å². The zero-order valence-corrected chi connectivity index (χ0v) is 12.6. The van der Waals surface area contributed by atoms with Crippen molar-refractivity contribution >= 4 is 28.4 Å². The molecule has 1 heterocycles. The lowest BCUT2D eigenvalue weighted by molar-refractivity contribution is 0.103. The molecule has 0 bridgehead atoms. The molecule has 20 heavy (non-hydrogen) atoms. The van der Waals surface area contributed by atoms with Gasteiger partial charge in [-0.25, -0.2) is 0 Å². The van der Waals surface area contributed by atoms with E-state index in [2.05, 4.69) is 32.8 Å². The number of nitrogens with zero attached hydrogens (tertiary/aromatic N) is 3. The molecule has 1 aromatic heterocycles. The Morgan fingerprint density at radius 1 is 1.00 bits per heavy atom. The van der Waals surface area contributed by atoms with Gasteiger partial charge in [0.2, 0.25) is 0 Å². The molecule has 0 aliphatic rings. The van der Waals surface area contributed by atoms with Gasteiger partial charge in [0.15, 0.2) is 5.78 Å². The van der Waals surface area contributed by atoms with E-state index in [4.69, 9.17) is 0 Å². The number of hydrogen-bond donors (Lipinski definition) is 0. The summed E-state index contributed by atoms with van der Waals surface area (Å²) in [7, 11) is 0. The summed E-state index contributed by atoms with van der Waals surface area (Å²) < 4.78 is 1.03. The van der Waals surface area contributed by atoms with Gasteiger partial charge >= 0.3 is 0 Å². The summed E-state index contributed by atoms with van der Waals surface area (Å²) in [5.41, 5.74) is 1.93. The average molecular weight is 375 g/mol. The molecular weight excluding hydrogens is 365 g/mol. The molecule has 5 heteroatoms. The standard InChI is InChI=1S/C15H10IN3O/c16-12-5-3-4-11(10-12)15(20)13-6-1-2-7-14(13)19-17-8-9-18-19/h1-10H. The van der Waals surface area contributed by atoms with Crippen LogP contribution in [0.25, 0.3) is 5.69 Å². The van der Waals surface area contributed by atoms with Crippen LogP contribution < -0.4 is 0 Å². The molecule has 0 aliphatic carbocycles. The van der Waals surface area contributed by atoms with Crippen molar-refractivity contribution < 1.29 is 4.79 Å². The second-order valence-corrected chi connectivity index (χ2v) is 5.42. The molecule has 2 aromatic carbocycles. The summed E-state index contributed by atoms with van der Waals surface area (Å²) >= 11 is 2.20. The van der Waals surface area contributed by atoms with Crippen molar-refractivity contribution in [2.75, 3.05) is 0 Å². The van der Waals surface area contributed by atoms with E-state index in [9.17, 15) is 4.79 Å². The van der Waals surface area contributed by atoms with Crippen LogP contribution in [-0.2, 0) is 0 Å². The highest BCUT2D eigenvalue weighted by Gasteiger charge is 2.15. The van der Waals surface area contributed by atoms with Gasteiger partial charge in [-0.1, -0.05) is 24.3 Å². The summed E-state index contributed by atoms with van der Waals surface area (Å²) in [6, 6.07) is 14.9. The molecule has 0 atom stereocenters. The minimum absolute atomic E-state index is 0.0311. The lowest BCUT2D eigenvalue weighted by atomic mass is 10.0. The average Bonchev–Trinajstić information content (AvgIpc) is 3.00. The van der Waals surface area contributed by atoms with Gasteiger partial charge in [-0.2, -0.15) is 15.0 Å². The van der Waals surface area contributed by atoms with Crippen LogP contribution in [0.5, 0.6) is 0 Å². The first-order chi connectivity index (χ1) is 9.75. The van der Waals surface area contributed by atoms with Crippen molar-refractivity contribution in [2.24, 2.45) is 0 Å².